The quantitative estimate of drug-likeness (QED) is 0.779. The summed E-state index contributed by atoms with van der Waals surface area (Å²) in [6.45, 7) is 6.05. The molecule has 0 aliphatic carbocycles. The van der Waals surface area contributed by atoms with E-state index in [1.54, 1.807) is 0 Å². The number of hydrogen-bond acceptors (Lipinski definition) is 2. The number of carbonyl (C=O) groups excluding carboxylic acids is 1. The average molecular weight is 250 g/mol. The molecule has 2 saturated heterocycles. The van der Waals surface area contributed by atoms with E-state index < -0.39 is 0 Å². The minimum Gasteiger partial charge on any atom is -0.337 e. The lowest BCUT2D eigenvalue weighted by Gasteiger charge is -2.48. The summed E-state index contributed by atoms with van der Waals surface area (Å²) >= 11 is 0. The van der Waals surface area contributed by atoms with Gasteiger partial charge < -0.3 is 10.6 Å². The molecule has 0 aromatic rings. The zero-order valence-corrected chi connectivity index (χ0v) is 11.5. The molecule has 2 aliphatic rings. The Balaban J connectivity index is 2.05. The molecule has 0 spiro atoms. The zero-order valence-electron chi connectivity index (χ0n) is 11.5. The molecular weight excluding hydrogens is 224 g/mol. The average Bonchev–Trinajstić information content (AvgIpc) is 2.28. The maximum Gasteiger partial charge on any atom is 0.223 e. The number of nitrogens with zero attached hydrogens (tertiary/aromatic N) is 1. The lowest BCUT2D eigenvalue weighted by molar-refractivity contribution is -0.143. The second-order valence-corrected chi connectivity index (χ2v) is 6.10. The van der Waals surface area contributed by atoms with E-state index in [0.29, 0.717) is 18.0 Å². The summed E-state index contributed by atoms with van der Waals surface area (Å²) in [4.78, 5) is 14.3. The van der Waals surface area contributed by atoms with Gasteiger partial charge in [0.15, 0.2) is 0 Å². The van der Waals surface area contributed by atoms with Gasteiger partial charge in [0.1, 0.15) is 0 Å². The second-order valence-electron chi connectivity index (χ2n) is 6.10. The third-order valence-corrected chi connectivity index (χ3v) is 4.40. The number of fused-ring (bicyclic) bond motifs is 1. The topological polar surface area (TPSA) is 46.3 Å². The summed E-state index contributed by atoms with van der Waals surface area (Å²) in [5.41, 5.74) is 6.12. The van der Waals surface area contributed by atoms with Crippen LogP contribution in [0.2, 0.25) is 0 Å². The molecule has 2 heterocycles. The summed E-state index contributed by atoms with van der Waals surface area (Å²) in [7, 11) is 0. The van der Waals surface area contributed by atoms with Gasteiger partial charge in [-0.1, -0.05) is 13.0 Å². The van der Waals surface area contributed by atoms with Crippen molar-refractivity contribution < 1.29 is 4.79 Å². The first-order valence-electron chi connectivity index (χ1n) is 7.29. The van der Waals surface area contributed by atoms with Crippen molar-refractivity contribution in [2.24, 2.45) is 11.7 Å². The van der Waals surface area contributed by atoms with E-state index in [1.807, 2.05) is 6.08 Å². The van der Waals surface area contributed by atoms with Crippen LogP contribution in [0.4, 0.5) is 0 Å². The molecule has 0 radical (unpaired) electrons. The van der Waals surface area contributed by atoms with E-state index in [1.165, 1.54) is 12.8 Å². The van der Waals surface area contributed by atoms with Gasteiger partial charge in [0.25, 0.3) is 0 Å². The van der Waals surface area contributed by atoms with Gasteiger partial charge in [-0.05, 0) is 44.4 Å². The van der Waals surface area contributed by atoms with Crippen molar-refractivity contribution in [3.05, 3.63) is 12.7 Å². The largest absolute Gasteiger partial charge is 0.337 e. The molecule has 2 aliphatic heterocycles. The van der Waals surface area contributed by atoms with E-state index >= 15 is 0 Å². The van der Waals surface area contributed by atoms with Gasteiger partial charge in [0.2, 0.25) is 5.91 Å². The van der Waals surface area contributed by atoms with E-state index in [9.17, 15) is 4.79 Å². The van der Waals surface area contributed by atoms with Crippen molar-refractivity contribution in [2.75, 3.05) is 0 Å². The SMILES string of the molecule is C=CC[C@@H](N)C[C@H]1C[C@@H](C)C[C@@H]2CCCC(=O)N12. The van der Waals surface area contributed by atoms with Crippen LogP contribution in [0.1, 0.15) is 51.9 Å². The van der Waals surface area contributed by atoms with Crippen LogP contribution in [0.15, 0.2) is 12.7 Å². The van der Waals surface area contributed by atoms with Crippen molar-refractivity contribution in [3.63, 3.8) is 0 Å². The number of piperidine rings is 2. The molecule has 3 nitrogen and oxygen atoms in total. The van der Waals surface area contributed by atoms with Crippen LogP contribution in [0.25, 0.3) is 0 Å². The molecule has 0 aromatic heterocycles. The summed E-state index contributed by atoms with van der Waals surface area (Å²) < 4.78 is 0. The summed E-state index contributed by atoms with van der Waals surface area (Å²) in [6, 6.07) is 0.991. The van der Waals surface area contributed by atoms with E-state index in [-0.39, 0.29) is 6.04 Å². The molecule has 1 amide bonds. The second kappa shape index (κ2) is 5.87. The van der Waals surface area contributed by atoms with Gasteiger partial charge in [-0.2, -0.15) is 0 Å². The van der Waals surface area contributed by atoms with Gasteiger partial charge in [0, 0.05) is 24.5 Å². The van der Waals surface area contributed by atoms with Crippen LogP contribution in [0.5, 0.6) is 0 Å². The highest BCUT2D eigenvalue weighted by Crippen LogP contribution is 2.35. The first-order chi connectivity index (χ1) is 8.61. The van der Waals surface area contributed by atoms with Crippen LogP contribution in [-0.4, -0.2) is 28.9 Å². The van der Waals surface area contributed by atoms with E-state index in [0.717, 1.165) is 38.0 Å². The molecule has 0 unspecified atom stereocenters. The number of rotatable bonds is 4. The molecule has 2 rings (SSSR count). The molecular formula is C15H26N2O. The highest BCUT2D eigenvalue weighted by atomic mass is 16.2. The van der Waals surface area contributed by atoms with Gasteiger partial charge in [-0.15, -0.1) is 6.58 Å². The third kappa shape index (κ3) is 2.94. The smallest absolute Gasteiger partial charge is 0.223 e. The highest BCUT2D eigenvalue weighted by molar-refractivity contribution is 5.77. The van der Waals surface area contributed by atoms with Crippen molar-refractivity contribution in [2.45, 2.75) is 70.0 Å². The number of carbonyl (C=O) groups is 1. The first kappa shape index (κ1) is 13.6. The number of hydrogen-bond donors (Lipinski definition) is 1. The first-order valence-corrected chi connectivity index (χ1v) is 7.29. The fourth-order valence-corrected chi connectivity index (χ4v) is 3.70. The minimum absolute atomic E-state index is 0.146. The molecule has 0 saturated carbocycles. The predicted molar refractivity (Wildman–Crippen MR) is 74.1 cm³/mol. The molecule has 18 heavy (non-hydrogen) atoms. The Bertz CT molecular complexity index is 316. The Morgan fingerprint density at radius 1 is 1.56 bits per heavy atom. The Labute approximate surface area is 110 Å². The monoisotopic (exact) mass is 250 g/mol. The van der Waals surface area contributed by atoms with Crippen LogP contribution >= 0.6 is 0 Å². The molecule has 102 valence electrons. The zero-order chi connectivity index (χ0) is 13.1. The summed E-state index contributed by atoms with van der Waals surface area (Å²) in [5.74, 6) is 1.08. The van der Waals surface area contributed by atoms with Gasteiger partial charge in [-0.3, -0.25) is 4.79 Å². The van der Waals surface area contributed by atoms with Crippen LogP contribution < -0.4 is 5.73 Å². The van der Waals surface area contributed by atoms with Crippen LogP contribution in [0.3, 0.4) is 0 Å². The maximum atomic E-state index is 12.1. The fourth-order valence-electron chi connectivity index (χ4n) is 3.70. The van der Waals surface area contributed by atoms with Crippen molar-refractivity contribution >= 4 is 5.91 Å². The molecule has 2 N–H and O–H groups in total. The molecule has 0 aromatic carbocycles. The third-order valence-electron chi connectivity index (χ3n) is 4.40. The lowest BCUT2D eigenvalue weighted by Crippen LogP contribution is -2.55. The van der Waals surface area contributed by atoms with Crippen molar-refractivity contribution in [3.8, 4) is 0 Å². The van der Waals surface area contributed by atoms with Crippen LogP contribution in [-0.2, 0) is 4.79 Å². The number of amides is 1. The van der Waals surface area contributed by atoms with Crippen molar-refractivity contribution in [1.29, 1.82) is 0 Å². The van der Waals surface area contributed by atoms with Crippen molar-refractivity contribution in [1.82, 2.24) is 4.90 Å². The van der Waals surface area contributed by atoms with Gasteiger partial charge >= 0.3 is 0 Å². The Hall–Kier alpha value is -0.830. The summed E-state index contributed by atoms with van der Waals surface area (Å²) in [6.07, 6.45) is 8.94. The Morgan fingerprint density at radius 3 is 3.06 bits per heavy atom. The summed E-state index contributed by atoms with van der Waals surface area (Å²) in [5, 5.41) is 0. The Kier molecular flexibility index (Phi) is 4.44. The fraction of sp³-hybridized carbons (Fsp3) is 0.800. The van der Waals surface area contributed by atoms with E-state index in [2.05, 4.69) is 18.4 Å². The lowest BCUT2D eigenvalue weighted by atomic mass is 9.80. The normalized spacial score (nSPS) is 34.0. The molecule has 3 heteroatoms. The predicted octanol–water partition coefficient (Wildman–Crippen LogP) is 2.46. The highest BCUT2D eigenvalue weighted by Gasteiger charge is 2.39. The molecule has 4 atom stereocenters. The molecule has 2 fully saturated rings. The minimum atomic E-state index is 0.146. The number of nitrogens with two attached hydrogens (primary N) is 1. The van der Waals surface area contributed by atoms with Gasteiger partial charge in [-0.25, -0.2) is 0 Å². The Morgan fingerprint density at radius 2 is 2.33 bits per heavy atom. The van der Waals surface area contributed by atoms with Crippen LogP contribution in [0, 0.1) is 5.92 Å². The van der Waals surface area contributed by atoms with E-state index in [4.69, 9.17) is 5.73 Å². The maximum absolute atomic E-state index is 12.1. The van der Waals surface area contributed by atoms with Gasteiger partial charge in [0.05, 0.1) is 0 Å². The standard InChI is InChI=1S/C15H26N2O/c1-3-5-12(16)10-14-9-11(2)8-13-6-4-7-15(18)17(13)14/h3,11-14H,1,4-10,16H2,2H3/t11-,12+,13-,14+/m0/s1. The molecule has 0 bridgehead atoms.